The van der Waals surface area contributed by atoms with Crippen molar-refractivity contribution < 1.29 is 9.53 Å². The normalized spacial score (nSPS) is 10.3. The first kappa shape index (κ1) is 14.0. The molecule has 0 fully saturated rings. The first-order chi connectivity index (χ1) is 9.11. The van der Waals surface area contributed by atoms with Crippen molar-refractivity contribution in [1.82, 2.24) is 4.98 Å². The van der Waals surface area contributed by atoms with E-state index in [4.69, 9.17) is 16.3 Å². The SMILES string of the molecule is COc1cnccc1C(=O)Cc1ccc(Br)cc1Cl. The molecule has 0 unspecified atom stereocenters. The maximum Gasteiger partial charge on any atom is 0.171 e. The van der Waals surface area contributed by atoms with Crippen LogP contribution in [0.5, 0.6) is 5.75 Å². The maximum atomic E-state index is 12.3. The molecule has 0 aliphatic rings. The molecule has 0 saturated carbocycles. The molecule has 1 aromatic carbocycles. The monoisotopic (exact) mass is 339 g/mol. The lowest BCUT2D eigenvalue weighted by Crippen LogP contribution is -2.06. The molecule has 0 saturated heterocycles. The molecule has 1 heterocycles. The summed E-state index contributed by atoms with van der Waals surface area (Å²) in [6, 6.07) is 7.11. The molecule has 3 nitrogen and oxygen atoms in total. The number of hydrogen-bond donors (Lipinski definition) is 0. The van der Waals surface area contributed by atoms with Crippen LogP contribution < -0.4 is 4.74 Å². The minimum Gasteiger partial charge on any atom is -0.494 e. The molecule has 0 N–H and O–H groups in total. The van der Waals surface area contributed by atoms with Crippen LogP contribution in [0.25, 0.3) is 0 Å². The maximum absolute atomic E-state index is 12.3. The van der Waals surface area contributed by atoms with Gasteiger partial charge >= 0.3 is 0 Å². The average molecular weight is 341 g/mol. The number of carbonyl (C=O) groups excluding carboxylic acids is 1. The zero-order valence-electron chi connectivity index (χ0n) is 10.2. The molecule has 0 aliphatic carbocycles. The lowest BCUT2D eigenvalue weighted by atomic mass is 10.0. The fourth-order valence-corrected chi connectivity index (χ4v) is 2.45. The number of aromatic nitrogens is 1. The van der Waals surface area contributed by atoms with Crippen molar-refractivity contribution in [1.29, 1.82) is 0 Å². The molecule has 0 atom stereocenters. The Balaban J connectivity index is 2.26. The van der Waals surface area contributed by atoms with Gasteiger partial charge in [-0.15, -0.1) is 0 Å². The van der Waals surface area contributed by atoms with E-state index in [0.29, 0.717) is 16.3 Å². The molecule has 2 rings (SSSR count). The van der Waals surface area contributed by atoms with E-state index >= 15 is 0 Å². The molecule has 1 aromatic heterocycles. The summed E-state index contributed by atoms with van der Waals surface area (Å²) >= 11 is 9.44. The summed E-state index contributed by atoms with van der Waals surface area (Å²) < 4.78 is 6.01. The number of hydrogen-bond acceptors (Lipinski definition) is 3. The van der Waals surface area contributed by atoms with Gasteiger partial charge in [0.2, 0.25) is 0 Å². The smallest absolute Gasteiger partial charge is 0.171 e. The number of carbonyl (C=O) groups is 1. The first-order valence-corrected chi connectivity index (χ1v) is 6.74. The van der Waals surface area contributed by atoms with Crippen LogP contribution >= 0.6 is 27.5 Å². The highest BCUT2D eigenvalue weighted by atomic mass is 79.9. The lowest BCUT2D eigenvalue weighted by Gasteiger charge is -2.08. The van der Waals surface area contributed by atoms with E-state index in [1.165, 1.54) is 13.3 Å². The van der Waals surface area contributed by atoms with E-state index in [1.54, 1.807) is 18.3 Å². The van der Waals surface area contributed by atoms with Gasteiger partial charge in [0.25, 0.3) is 0 Å². The zero-order valence-corrected chi connectivity index (χ0v) is 12.5. The Morgan fingerprint density at radius 3 is 2.89 bits per heavy atom. The van der Waals surface area contributed by atoms with Crippen LogP contribution in [-0.2, 0) is 6.42 Å². The van der Waals surface area contributed by atoms with Crippen molar-refractivity contribution >= 4 is 33.3 Å². The van der Waals surface area contributed by atoms with Crippen LogP contribution in [0.15, 0.2) is 41.1 Å². The third-order valence-electron chi connectivity index (χ3n) is 2.67. The Bertz CT molecular complexity index is 616. The van der Waals surface area contributed by atoms with E-state index < -0.39 is 0 Å². The van der Waals surface area contributed by atoms with Gasteiger partial charge < -0.3 is 4.74 Å². The van der Waals surface area contributed by atoms with Crippen molar-refractivity contribution in [3.8, 4) is 5.75 Å². The van der Waals surface area contributed by atoms with E-state index in [-0.39, 0.29) is 12.2 Å². The van der Waals surface area contributed by atoms with Gasteiger partial charge in [0.05, 0.1) is 18.9 Å². The summed E-state index contributed by atoms with van der Waals surface area (Å²) in [5.74, 6) is 0.421. The van der Waals surface area contributed by atoms with Crippen LogP contribution in [0.4, 0.5) is 0 Å². The molecule has 5 heteroatoms. The molecule has 0 radical (unpaired) electrons. The second-order valence-electron chi connectivity index (χ2n) is 3.91. The Morgan fingerprint density at radius 2 is 2.21 bits per heavy atom. The second-order valence-corrected chi connectivity index (χ2v) is 5.23. The van der Waals surface area contributed by atoms with Crippen molar-refractivity contribution in [2.24, 2.45) is 0 Å². The molecule has 98 valence electrons. The minimum atomic E-state index is -0.0523. The number of pyridine rings is 1. The van der Waals surface area contributed by atoms with Gasteiger partial charge in [-0.05, 0) is 23.8 Å². The van der Waals surface area contributed by atoms with Gasteiger partial charge in [-0.3, -0.25) is 9.78 Å². The molecule has 0 amide bonds. The molecule has 2 aromatic rings. The van der Waals surface area contributed by atoms with Gasteiger partial charge in [0.15, 0.2) is 5.78 Å². The standard InChI is InChI=1S/C14H11BrClNO2/c1-19-14-8-17-5-4-11(14)13(18)6-9-2-3-10(15)7-12(9)16/h2-5,7-8H,6H2,1H3. The molecule has 0 spiro atoms. The Labute approximate surface area is 124 Å². The van der Waals surface area contributed by atoms with Crippen LogP contribution in [0.2, 0.25) is 5.02 Å². The number of methoxy groups -OCH3 is 1. The summed E-state index contributed by atoms with van der Waals surface area (Å²) in [6.45, 7) is 0. The van der Waals surface area contributed by atoms with Gasteiger partial charge in [-0.1, -0.05) is 33.6 Å². The molecule has 19 heavy (non-hydrogen) atoms. The van der Waals surface area contributed by atoms with Crippen molar-refractivity contribution in [3.05, 3.63) is 57.3 Å². The van der Waals surface area contributed by atoms with Gasteiger partial charge in [0.1, 0.15) is 5.75 Å². The number of ether oxygens (including phenoxy) is 1. The van der Waals surface area contributed by atoms with Gasteiger partial charge in [0, 0.05) is 22.1 Å². The first-order valence-electron chi connectivity index (χ1n) is 5.57. The van der Waals surface area contributed by atoms with Crippen molar-refractivity contribution in [2.45, 2.75) is 6.42 Å². The highest BCUT2D eigenvalue weighted by Gasteiger charge is 2.14. The number of nitrogens with zero attached hydrogens (tertiary/aromatic N) is 1. The highest BCUT2D eigenvalue weighted by Crippen LogP contribution is 2.24. The summed E-state index contributed by atoms with van der Waals surface area (Å²) in [6.07, 6.45) is 3.32. The van der Waals surface area contributed by atoms with E-state index in [9.17, 15) is 4.79 Å². The molecular weight excluding hydrogens is 330 g/mol. The van der Waals surface area contributed by atoms with E-state index in [2.05, 4.69) is 20.9 Å². The Hall–Kier alpha value is -1.39. The number of Topliss-reactive ketones (excluding diaryl/α,β-unsaturated/α-hetero) is 1. The summed E-state index contributed by atoms with van der Waals surface area (Å²) in [7, 11) is 1.51. The predicted molar refractivity (Wildman–Crippen MR) is 78.0 cm³/mol. The lowest BCUT2D eigenvalue weighted by molar-refractivity contribution is 0.0990. The zero-order chi connectivity index (χ0) is 13.8. The highest BCUT2D eigenvalue weighted by molar-refractivity contribution is 9.10. The van der Waals surface area contributed by atoms with Crippen LogP contribution in [0.3, 0.4) is 0 Å². The topological polar surface area (TPSA) is 39.2 Å². The summed E-state index contributed by atoms with van der Waals surface area (Å²) in [5, 5.41) is 0.566. The minimum absolute atomic E-state index is 0.0523. The third-order valence-corrected chi connectivity index (χ3v) is 3.52. The van der Waals surface area contributed by atoms with Crippen LogP contribution in [0.1, 0.15) is 15.9 Å². The number of rotatable bonds is 4. The van der Waals surface area contributed by atoms with E-state index in [1.807, 2.05) is 12.1 Å². The number of halogens is 2. The summed E-state index contributed by atoms with van der Waals surface area (Å²) in [4.78, 5) is 16.2. The Morgan fingerprint density at radius 1 is 1.42 bits per heavy atom. The average Bonchev–Trinajstić information content (AvgIpc) is 2.41. The number of benzene rings is 1. The molecular formula is C14H11BrClNO2. The van der Waals surface area contributed by atoms with Crippen LogP contribution in [-0.4, -0.2) is 17.9 Å². The Kier molecular flexibility index (Phi) is 4.56. The number of ketones is 1. The largest absolute Gasteiger partial charge is 0.494 e. The van der Waals surface area contributed by atoms with Gasteiger partial charge in [-0.2, -0.15) is 0 Å². The second kappa shape index (κ2) is 6.17. The fraction of sp³-hybridized carbons (Fsp3) is 0.143. The molecule has 0 bridgehead atoms. The van der Waals surface area contributed by atoms with Gasteiger partial charge in [-0.25, -0.2) is 0 Å². The van der Waals surface area contributed by atoms with Crippen molar-refractivity contribution in [2.75, 3.05) is 7.11 Å². The molecule has 0 aliphatic heterocycles. The quantitative estimate of drug-likeness (QED) is 0.792. The third kappa shape index (κ3) is 3.33. The van der Waals surface area contributed by atoms with Crippen molar-refractivity contribution in [3.63, 3.8) is 0 Å². The van der Waals surface area contributed by atoms with E-state index in [0.717, 1.165) is 10.0 Å². The van der Waals surface area contributed by atoms with Crippen LogP contribution in [0, 0.1) is 0 Å². The summed E-state index contributed by atoms with van der Waals surface area (Å²) in [5.41, 5.74) is 1.30. The fourth-order valence-electron chi connectivity index (χ4n) is 1.71. The predicted octanol–water partition coefficient (Wildman–Crippen LogP) is 3.93.